The van der Waals surface area contributed by atoms with E-state index in [9.17, 15) is 37.5 Å². The minimum Gasteiger partial charge on any atom is -0.507 e. The summed E-state index contributed by atoms with van der Waals surface area (Å²) < 4.78 is 72.4. The van der Waals surface area contributed by atoms with Gasteiger partial charge in [-0.3, -0.25) is 24.1 Å². The molecule has 2 aliphatic heterocycles. The van der Waals surface area contributed by atoms with Crippen molar-refractivity contribution in [3.05, 3.63) is 70.1 Å². The molecule has 4 aliphatic rings. The molecule has 2 aromatic carbocycles. The van der Waals surface area contributed by atoms with Gasteiger partial charge in [-0.2, -0.15) is 0 Å². The second-order valence-corrected chi connectivity index (χ2v) is 12.4. The molecule has 0 bridgehead atoms. The summed E-state index contributed by atoms with van der Waals surface area (Å²) in [6.45, 7) is 3.19. The third-order valence-electron chi connectivity index (χ3n) is 9.21. The van der Waals surface area contributed by atoms with E-state index in [-0.39, 0.29) is 34.8 Å². The first-order chi connectivity index (χ1) is 20.1. The fourth-order valence-corrected chi connectivity index (χ4v) is 8.13. The van der Waals surface area contributed by atoms with Crippen LogP contribution in [0.5, 0.6) is 5.75 Å². The number of phenols is 1. The number of para-hydroxylation sites is 1. The number of hydrogen-bond donors (Lipinski definition) is 1. The summed E-state index contributed by atoms with van der Waals surface area (Å²) in [5.74, 6) is -21.2. The fourth-order valence-electron chi connectivity index (χ4n) is 7.20. The van der Waals surface area contributed by atoms with Crippen molar-refractivity contribution < 1.29 is 46.2 Å². The lowest BCUT2D eigenvalue weighted by molar-refractivity contribution is -0.140. The van der Waals surface area contributed by atoms with Gasteiger partial charge >= 0.3 is 0 Å². The zero-order valence-corrected chi connectivity index (χ0v) is 23.9. The molecule has 2 aliphatic carbocycles. The molecule has 3 fully saturated rings. The monoisotopic (exact) mass is 642 g/mol. The van der Waals surface area contributed by atoms with E-state index in [0.717, 1.165) is 4.90 Å². The van der Waals surface area contributed by atoms with Crippen molar-refractivity contribution in [2.75, 3.05) is 11.4 Å². The number of anilines is 1. The van der Waals surface area contributed by atoms with Gasteiger partial charge in [-0.1, -0.05) is 29.8 Å². The average Bonchev–Trinajstić information content (AvgIpc) is 3.31. The van der Waals surface area contributed by atoms with Crippen LogP contribution in [-0.4, -0.2) is 49.9 Å². The summed E-state index contributed by atoms with van der Waals surface area (Å²) in [6, 6.07) is 4.41. The summed E-state index contributed by atoms with van der Waals surface area (Å²) in [4.78, 5) is 50.2. The first kappa shape index (κ1) is 29.6. The van der Waals surface area contributed by atoms with Crippen molar-refractivity contribution in [2.45, 2.75) is 42.4 Å². The molecule has 6 rings (SSSR count). The zero-order chi connectivity index (χ0) is 31.5. The summed E-state index contributed by atoms with van der Waals surface area (Å²) >= 11 is 14.0. The number of benzene rings is 2. The summed E-state index contributed by atoms with van der Waals surface area (Å²) in [5, 5.41) is 11.1. The largest absolute Gasteiger partial charge is 0.507 e. The minimum absolute atomic E-state index is 0.0287. The number of aryl methyl sites for hydroxylation is 1. The lowest BCUT2D eigenvalue weighted by Gasteiger charge is -2.50. The van der Waals surface area contributed by atoms with E-state index in [1.165, 1.54) is 25.1 Å². The molecule has 4 amide bonds. The topological polar surface area (TPSA) is 95.0 Å². The van der Waals surface area contributed by atoms with Crippen LogP contribution < -0.4 is 4.90 Å². The number of fused-ring (bicyclic) bond motifs is 4. The molecular formula is C29H21Cl2F5N2O5. The number of alkyl halides is 2. The standard InChI is InChI=1S/C29H21Cl2F5N2O5/c1-3-37-24(40)12-8-7-11-14(15(12)25(37)41)9-28(30)26(42)38(22-20(35)18(33)17(32)19(34)21(22)36)27(43)29(28,31)16(11)13-6-4-5-10(2)23(13)39/h4-7,12,14-16,39H,3,8-9H2,1-2H3. The molecule has 226 valence electrons. The van der Waals surface area contributed by atoms with Gasteiger partial charge in [0.25, 0.3) is 11.8 Å². The minimum atomic E-state index is -2.68. The number of amides is 4. The Labute approximate surface area is 250 Å². The van der Waals surface area contributed by atoms with Crippen LogP contribution in [-0.2, 0) is 19.2 Å². The Morgan fingerprint density at radius 3 is 2.12 bits per heavy atom. The number of aromatic hydroxyl groups is 1. The number of halogens is 7. The van der Waals surface area contributed by atoms with Crippen LogP contribution in [0.2, 0.25) is 0 Å². The van der Waals surface area contributed by atoms with Gasteiger partial charge in [0, 0.05) is 18.0 Å². The third kappa shape index (κ3) is 3.47. The number of carbonyl (C=O) groups is 4. The SMILES string of the molecule is CCN1C(=O)C2CC=C3C(CC4(Cl)C(=O)N(c5c(F)c(F)c(F)c(F)c5F)C(=O)C4(Cl)C3c3cccc(C)c3O)C2C1=O. The molecule has 2 aromatic rings. The van der Waals surface area contributed by atoms with Gasteiger partial charge in [0.2, 0.25) is 17.6 Å². The second kappa shape index (κ2) is 9.49. The van der Waals surface area contributed by atoms with E-state index < -0.39 is 98.2 Å². The number of allylic oxidation sites excluding steroid dienone is 2. The van der Waals surface area contributed by atoms with Crippen molar-refractivity contribution in [2.24, 2.45) is 17.8 Å². The molecule has 0 radical (unpaired) electrons. The first-order valence-corrected chi connectivity index (χ1v) is 14.0. The number of nitrogens with zero attached hydrogens (tertiary/aromatic N) is 2. The van der Waals surface area contributed by atoms with E-state index in [2.05, 4.69) is 0 Å². The Hall–Kier alpha value is -3.51. The zero-order valence-electron chi connectivity index (χ0n) is 22.4. The van der Waals surface area contributed by atoms with Crippen molar-refractivity contribution in [1.29, 1.82) is 0 Å². The smallest absolute Gasteiger partial charge is 0.258 e. The van der Waals surface area contributed by atoms with Gasteiger partial charge in [-0.05, 0) is 38.2 Å². The maximum atomic E-state index is 15.0. The van der Waals surface area contributed by atoms with Crippen molar-refractivity contribution >= 4 is 52.5 Å². The van der Waals surface area contributed by atoms with Gasteiger partial charge in [0.1, 0.15) is 11.4 Å². The second-order valence-electron chi connectivity index (χ2n) is 11.1. The molecule has 7 nitrogen and oxygen atoms in total. The van der Waals surface area contributed by atoms with E-state index in [1.807, 2.05) is 0 Å². The number of likely N-dealkylation sites (tertiary alicyclic amines) is 1. The highest BCUT2D eigenvalue weighted by atomic mass is 35.5. The van der Waals surface area contributed by atoms with E-state index >= 15 is 8.78 Å². The quantitative estimate of drug-likeness (QED) is 0.127. The van der Waals surface area contributed by atoms with Crippen LogP contribution in [0.3, 0.4) is 0 Å². The summed E-state index contributed by atoms with van der Waals surface area (Å²) in [5.41, 5.74) is -1.30. The Morgan fingerprint density at radius 1 is 0.907 bits per heavy atom. The molecule has 0 spiro atoms. The number of rotatable bonds is 3. The van der Waals surface area contributed by atoms with Crippen LogP contribution in [0.15, 0.2) is 29.8 Å². The Kier molecular flexibility index (Phi) is 6.53. The number of phenolic OH excluding ortho intramolecular Hbond substituents is 1. The molecule has 1 N–H and O–H groups in total. The Balaban J connectivity index is 1.63. The molecule has 2 saturated heterocycles. The summed E-state index contributed by atoms with van der Waals surface area (Å²) in [6.07, 6.45) is 1.01. The van der Waals surface area contributed by atoms with Crippen molar-refractivity contribution in [3.63, 3.8) is 0 Å². The molecule has 14 heteroatoms. The van der Waals surface area contributed by atoms with E-state index in [0.29, 0.717) is 5.56 Å². The maximum Gasteiger partial charge on any atom is 0.258 e. The predicted molar refractivity (Wildman–Crippen MR) is 142 cm³/mol. The van der Waals surface area contributed by atoms with Gasteiger partial charge in [0.15, 0.2) is 33.0 Å². The van der Waals surface area contributed by atoms with E-state index in [4.69, 9.17) is 23.2 Å². The number of hydrogen-bond acceptors (Lipinski definition) is 5. The predicted octanol–water partition coefficient (Wildman–Crippen LogP) is 4.98. The molecule has 6 atom stereocenters. The fraction of sp³-hybridized carbons (Fsp3) is 0.379. The molecule has 43 heavy (non-hydrogen) atoms. The highest BCUT2D eigenvalue weighted by Gasteiger charge is 2.77. The van der Waals surface area contributed by atoms with Crippen LogP contribution in [0.25, 0.3) is 0 Å². The van der Waals surface area contributed by atoms with Crippen molar-refractivity contribution in [1.82, 2.24) is 4.90 Å². The Morgan fingerprint density at radius 2 is 1.51 bits per heavy atom. The number of carbonyl (C=O) groups excluding carboxylic acids is 4. The number of imide groups is 2. The lowest BCUT2D eigenvalue weighted by Crippen LogP contribution is -2.60. The molecule has 0 aromatic heterocycles. The van der Waals surface area contributed by atoms with Gasteiger partial charge < -0.3 is 5.11 Å². The highest BCUT2D eigenvalue weighted by Crippen LogP contribution is 2.66. The molecule has 2 heterocycles. The third-order valence-corrected chi connectivity index (χ3v) is 10.6. The molecule has 6 unspecified atom stereocenters. The van der Waals surface area contributed by atoms with Gasteiger partial charge in [-0.25, -0.2) is 26.9 Å². The normalized spacial score (nSPS) is 31.8. The van der Waals surface area contributed by atoms with Gasteiger partial charge in [0.05, 0.1) is 11.8 Å². The van der Waals surface area contributed by atoms with Crippen LogP contribution >= 0.6 is 23.2 Å². The maximum absolute atomic E-state index is 15.0. The summed E-state index contributed by atoms with van der Waals surface area (Å²) in [7, 11) is 0. The average molecular weight is 643 g/mol. The molecule has 1 saturated carbocycles. The highest BCUT2D eigenvalue weighted by molar-refractivity contribution is 6.58. The first-order valence-electron chi connectivity index (χ1n) is 13.3. The van der Waals surface area contributed by atoms with Crippen molar-refractivity contribution in [3.8, 4) is 5.75 Å². The van der Waals surface area contributed by atoms with Gasteiger partial charge in [-0.15, -0.1) is 23.2 Å². The lowest BCUT2D eigenvalue weighted by atomic mass is 9.56. The van der Waals surface area contributed by atoms with E-state index in [1.54, 1.807) is 13.0 Å². The Bertz CT molecular complexity index is 1690. The van der Waals surface area contributed by atoms with Crippen LogP contribution in [0, 0.1) is 53.8 Å². The molecular weight excluding hydrogens is 622 g/mol. The van der Waals surface area contributed by atoms with Crippen LogP contribution in [0.1, 0.15) is 36.8 Å². The van der Waals surface area contributed by atoms with Crippen LogP contribution in [0.4, 0.5) is 27.6 Å².